The number of aromatic hydroxyl groups is 1. The van der Waals surface area contributed by atoms with E-state index in [4.69, 9.17) is 0 Å². The second kappa shape index (κ2) is 8.54. The maximum atomic E-state index is 13.0. The largest absolute Gasteiger partial charge is 0.508 e. The van der Waals surface area contributed by atoms with Gasteiger partial charge >= 0.3 is 0 Å². The van der Waals surface area contributed by atoms with E-state index in [2.05, 4.69) is 10.0 Å². The molecule has 0 aliphatic carbocycles. The minimum absolute atomic E-state index is 0.0877. The molecule has 1 atom stereocenters. The molecule has 0 aromatic heterocycles. The summed E-state index contributed by atoms with van der Waals surface area (Å²) < 4.78 is 40.8. The number of carbonyl (C=O) groups excluding carboxylic acids is 1. The monoisotopic (exact) mass is 428 g/mol. The lowest BCUT2D eigenvalue weighted by Gasteiger charge is -2.16. The molecule has 0 heterocycles. The SMILES string of the molecule is Cc1ccc(S(=O)(=O)Nc2ccc(F)cc2)cc1C(=O)NC(C)c1cccc(O)c1. The summed E-state index contributed by atoms with van der Waals surface area (Å²) in [6, 6.07) is 15.3. The van der Waals surface area contributed by atoms with E-state index < -0.39 is 27.8 Å². The molecular formula is C22H21FN2O4S. The van der Waals surface area contributed by atoms with E-state index in [0.717, 1.165) is 12.1 Å². The van der Waals surface area contributed by atoms with Crippen LogP contribution in [0, 0.1) is 12.7 Å². The van der Waals surface area contributed by atoms with E-state index in [1.54, 1.807) is 38.1 Å². The third kappa shape index (κ3) is 4.96. The van der Waals surface area contributed by atoms with Gasteiger partial charge in [0.1, 0.15) is 11.6 Å². The van der Waals surface area contributed by atoms with Crippen molar-refractivity contribution in [3.8, 4) is 5.75 Å². The average Bonchev–Trinajstić information content (AvgIpc) is 2.69. The van der Waals surface area contributed by atoms with Crippen LogP contribution in [0.15, 0.2) is 71.6 Å². The zero-order valence-corrected chi connectivity index (χ0v) is 17.2. The average molecular weight is 428 g/mol. The number of phenols is 1. The van der Waals surface area contributed by atoms with Crippen LogP contribution in [0.25, 0.3) is 0 Å². The molecule has 156 valence electrons. The highest BCUT2D eigenvalue weighted by Crippen LogP contribution is 2.22. The number of phenolic OH excluding ortho intramolecular Hbond substituents is 1. The number of hydrogen-bond acceptors (Lipinski definition) is 4. The number of anilines is 1. The predicted octanol–water partition coefficient (Wildman–Crippen LogP) is 4.13. The molecule has 0 spiro atoms. The van der Waals surface area contributed by atoms with Crippen molar-refractivity contribution >= 4 is 21.6 Å². The van der Waals surface area contributed by atoms with Crippen LogP contribution in [0.5, 0.6) is 5.75 Å². The number of aryl methyl sites for hydroxylation is 1. The Morgan fingerprint density at radius 3 is 2.40 bits per heavy atom. The lowest BCUT2D eigenvalue weighted by molar-refractivity contribution is 0.0939. The van der Waals surface area contributed by atoms with Gasteiger partial charge in [-0.25, -0.2) is 12.8 Å². The van der Waals surface area contributed by atoms with Gasteiger partial charge < -0.3 is 10.4 Å². The second-order valence-corrected chi connectivity index (χ2v) is 8.56. The number of sulfonamides is 1. The normalized spacial score (nSPS) is 12.2. The standard InChI is InChI=1S/C22H21FN2O4S/c1-14-6-11-20(30(28,29)25-18-9-7-17(23)8-10-18)13-21(14)22(27)24-15(2)16-4-3-5-19(26)12-16/h3-13,15,25-26H,1-2H3,(H,24,27). The van der Waals surface area contributed by atoms with E-state index in [0.29, 0.717) is 11.1 Å². The summed E-state index contributed by atoms with van der Waals surface area (Å²) in [5, 5.41) is 12.4. The summed E-state index contributed by atoms with van der Waals surface area (Å²) in [6.45, 7) is 3.47. The van der Waals surface area contributed by atoms with Crippen LogP contribution in [-0.2, 0) is 10.0 Å². The highest BCUT2D eigenvalue weighted by molar-refractivity contribution is 7.92. The van der Waals surface area contributed by atoms with Crippen molar-refractivity contribution in [3.63, 3.8) is 0 Å². The topological polar surface area (TPSA) is 95.5 Å². The maximum Gasteiger partial charge on any atom is 0.261 e. The maximum absolute atomic E-state index is 13.0. The fraction of sp³-hybridized carbons (Fsp3) is 0.136. The molecule has 0 fully saturated rings. The summed E-state index contributed by atoms with van der Waals surface area (Å²) in [4.78, 5) is 12.7. The molecule has 6 nitrogen and oxygen atoms in total. The van der Waals surface area contributed by atoms with E-state index in [-0.39, 0.29) is 21.9 Å². The first-order valence-electron chi connectivity index (χ1n) is 9.14. The van der Waals surface area contributed by atoms with E-state index in [1.165, 1.54) is 30.3 Å². The molecule has 30 heavy (non-hydrogen) atoms. The smallest absolute Gasteiger partial charge is 0.261 e. The number of halogens is 1. The lowest BCUT2D eigenvalue weighted by Crippen LogP contribution is -2.27. The summed E-state index contributed by atoms with van der Waals surface area (Å²) in [6.07, 6.45) is 0. The van der Waals surface area contributed by atoms with Crippen molar-refractivity contribution in [1.29, 1.82) is 0 Å². The molecule has 3 rings (SSSR count). The molecule has 3 aromatic rings. The number of rotatable bonds is 6. The van der Waals surface area contributed by atoms with Crippen molar-refractivity contribution in [2.75, 3.05) is 4.72 Å². The van der Waals surface area contributed by atoms with Gasteiger partial charge in [0.2, 0.25) is 0 Å². The van der Waals surface area contributed by atoms with Gasteiger partial charge in [0.05, 0.1) is 10.9 Å². The van der Waals surface area contributed by atoms with Crippen LogP contribution in [-0.4, -0.2) is 19.4 Å². The number of amides is 1. The Bertz CT molecular complexity index is 1180. The van der Waals surface area contributed by atoms with Gasteiger partial charge in [-0.15, -0.1) is 0 Å². The summed E-state index contributed by atoms with van der Waals surface area (Å²) >= 11 is 0. The Kier molecular flexibility index (Phi) is 6.07. The summed E-state index contributed by atoms with van der Waals surface area (Å²) in [5.74, 6) is -0.833. The molecular weight excluding hydrogens is 407 g/mol. The first kappa shape index (κ1) is 21.3. The molecule has 3 aromatic carbocycles. The lowest BCUT2D eigenvalue weighted by atomic mass is 10.1. The van der Waals surface area contributed by atoms with Gasteiger partial charge in [-0.3, -0.25) is 9.52 Å². The van der Waals surface area contributed by atoms with Crippen LogP contribution < -0.4 is 10.0 Å². The van der Waals surface area contributed by atoms with Crippen LogP contribution in [0.3, 0.4) is 0 Å². The van der Waals surface area contributed by atoms with Gasteiger partial charge in [0, 0.05) is 11.3 Å². The molecule has 0 bridgehead atoms. The van der Waals surface area contributed by atoms with Crippen molar-refractivity contribution in [2.45, 2.75) is 24.8 Å². The van der Waals surface area contributed by atoms with Crippen LogP contribution >= 0.6 is 0 Å². The first-order chi connectivity index (χ1) is 14.2. The highest BCUT2D eigenvalue weighted by Gasteiger charge is 2.20. The molecule has 0 radical (unpaired) electrons. The van der Waals surface area contributed by atoms with E-state index in [9.17, 15) is 22.7 Å². The summed E-state index contributed by atoms with van der Waals surface area (Å²) in [7, 11) is -3.97. The predicted molar refractivity (Wildman–Crippen MR) is 112 cm³/mol. The van der Waals surface area contributed by atoms with Gasteiger partial charge in [-0.2, -0.15) is 0 Å². The fourth-order valence-corrected chi connectivity index (χ4v) is 3.98. The van der Waals surface area contributed by atoms with Crippen LogP contribution in [0.1, 0.15) is 34.5 Å². The van der Waals surface area contributed by atoms with Crippen molar-refractivity contribution in [3.05, 3.63) is 89.2 Å². The zero-order chi connectivity index (χ0) is 21.9. The second-order valence-electron chi connectivity index (χ2n) is 6.88. The molecule has 0 saturated carbocycles. The van der Waals surface area contributed by atoms with Crippen molar-refractivity contribution in [1.82, 2.24) is 5.32 Å². The molecule has 1 amide bonds. The minimum atomic E-state index is -3.97. The Labute approximate surface area is 174 Å². The Morgan fingerprint density at radius 1 is 1.03 bits per heavy atom. The Morgan fingerprint density at radius 2 is 1.73 bits per heavy atom. The van der Waals surface area contributed by atoms with Crippen molar-refractivity contribution in [2.24, 2.45) is 0 Å². The molecule has 1 unspecified atom stereocenters. The Balaban J connectivity index is 1.83. The number of hydrogen-bond donors (Lipinski definition) is 3. The van der Waals surface area contributed by atoms with Gasteiger partial charge in [-0.05, 0) is 73.5 Å². The van der Waals surface area contributed by atoms with Gasteiger partial charge in [-0.1, -0.05) is 18.2 Å². The highest BCUT2D eigenvalue weighted by atomic mass is 32.2. The molecule has 8 heteroatoms. The molecule has 0 aliphatic heterocycles. The van der Waals surface area contributed by atoms with Gasteiger partial charge in [0.15, 0.2) is 0 Å². The number of nitrogens with one attached hydrogen (secondary N) is 2. The first-order valence-corrected chi connectivity index (χ1v) is 10.6. The number of carbonyl (C=O) groups is 1. The van der Waals surface area contributed by atoms with Crippen LogP contribution in [0.2, 0.25) is 0 Å². The third-order valence-electron chi connectivity index (χ3n) is 4.58. The molecule has 3 N–H and O–H groups in total. The number of benzene rings is 3. The minimum Gasteiger partial charge on any atom is -0.508 e. The van der Waals surface area contributed by atoms with Crippen molar-refractivity contribution < 1.29 is 22.7 Å². The Hall–Kier alpha value is -3.39. The van der Waals surface area contributed by atoms with Crippen LogP contribution in [0.4, 0.5) is 10.1 Å². The third-order valence-corrected chi connectivity index (χ3v) is 5.96. The summed E-state index contributed by atoms with van der Waals surface area (Å²) in [5.41, 5.74) is 1.74. The van der Waals surface area contributed by atoms with E-state index in [1.807, 2.05) is 0 Å². The quantitative estimate of drug-likeness (QED) is 0.550. The molecule has 0 aliphatic rings. The fourth-order valence-electron chi connectivity index (χ4n) is 2.90. The van der Waals surface area contributed by atoms with E-state index >= 15 is 0 Å². The van der Waals surface area contributed by atoms with Gasteiger partial charge in [0.25, 0.3) is 15.9 Å². The molecule has 0 saturated heterocycles. The zero-order valence-electron chi connectivity index (χ0n) is 16.4.